The number of para-hydroxylation sites is 2. The Bertz CT molecular complexity index is 789. The fraction of sp³-hybridized carbons (Fsp3) is 0.0769. The Morgan fingerprint density at radius 1 is 1.16 bits per heavy atom. The zero-order chi connectivity index (χ0) is 13.2. The van der Waals surface area contributed by atoms with Gasteiger partial charge in [0.2, 0.25) is 0 Å². The van der Waals surface area contributed by atoms with Gasteiger partial charge in [-0.2, -0.15) is 0 Å². The minimum Gasteiger partial charge on any atom is -0.301 e. The predicted octanol–water partition coefficient (Wildman–Crippen LogP) is 0.781. The van der Waals surface area contributed by atoms with Crippen molar-refractivity contribution in [3.8, 4) is 5.82 Å². The van der Waals surface area contributed by atoms with Crippen molar-refractivity contribution < 1.29 is 4.79 Å². The van der Waals surface area contributed by atoms with E-state index in [4.69, 9.17) is 0 Å². The molecule has 0 saturated heterocycles. The monoisotopic (exact) mass is 254 g/mol. The van der Waals surface area contributed by atoms with Gasteiger partial charge in [0.25, 0.3) is 0 Å². The SMILES string of the molecule is O=CCn1c(=O)n(-c2cnccn2)c2ccccc21. The topological polar surface area (TPSA) is 69.8 Å². The molecule has 3 rings (SSSR count). The van der Waals surface area contributed by atoms with Crippen LogP contribution in [0.2, 0.25) is 0 Å². The van der Waals surface area contributed by atoms with E-state index in [-0.39, 0.29) is 12.2 Å². The van der Waals surface area contributed by atoms with Crippen LogP contribution in [-0.2, 0) is 11.3 Å². The summed E-state index contributed by atoms with van der Waals surface area (Å²) in [6.45, 7) is 0.0204. The van der Waals surface area contributed by atoms with Crippen molar-refractivity contribution in [1.82, 2.24) is 19.1 Å². The molecule has 3 aromatic rings. The molecule has 2 aromatic heterocycles. The Kier molecular flexibility index (Phi) is 2.68. The number of hydrogen-bond acceptors (Lipinski definition) is 4. The van der Waals surface area contributed by atoms with Crippen molar-refractivity contribution in [3.63, 3.8) is 0 Å². The molecular weight excluding hydrogens is 244 g/mol. The number of imidazole rings is 1. The van der Waals surface area contributed by atoms with E-state index >= 15 is 0 Å². The molecule has 0 aliphatic carbocycles. The zero-order valence-electron chi connectivity index (χ0n) is 9.93. The molecule has 19 heavy (non-hydrogen) atoms. The maximum absolute atomic E-state index is 12.4. The fourth-order valence-electron chi connectivity index (χ4n) is 2.09. The number of aromatic nitrogens is 4. The number of carbonyl (C=O) groups is 1. The lowest BCUT2D eigenvalue weighted by atomic mass is 10.3. The largest absolute Gasteiger partial charge is 0.335 e. The van der Waals surface area contributed by atoms with Gasteiger partial charge in [-0.05, 0) is 12.1 Å². The molecule has 0 saturated carbocycles. The molecule has 6 nitrogen and oxygen atoms in total. The Balaban J connectivity index is 2.40. The zero-order valence-corrected chi connectivity index (χ0v) is 9.93. The lowest BCUT2D eigenvalue weighted by Gasteiger charge is -1.99. The van der Waals surface area contributed by atoms with Crippen molar-refractivity contribution in [2.75, 3.05) is 0 Å². The van der Waals surface area contributed by atoms with Gasteiger partial charge in [-0.1, -0.05) is 12.1 Å². The highest BCUT2D eigenvalue weighted by Crippen LogP contribution is 2.15. The minimum absolute atomic E-state index is 0.0204. The van der Waals surface area contributed by atoms with Gasteiger partial charge in [-0.3, -0.25) is 9.55 Å². The Morgan fingerprint density at radius 3 is 2.63 bits per heavy atom. The third-order valence-corrected chi connectivity index (χ3v) is 2.87. The molecule has 1 aromatic carbocycles. The molecule has 0 atom stereocenters. The van der Waals surface area contributed by atoms with E-state index in [1.165, 1.54) is 21.5 Å². The van der Waals surface area contributed by atoms with Crippen LogP contribution in [0.4, 0.5) is 0 Å². The molecule has 0 N–H and O–H groups in total. The Labute approximate surface area is 108 Å². The number of aldehydes is 1. The van der Waals surface area contributed by atoms with Gasteiger partial charge in [-0.15, -0.1) is 0 Å². The molecule has 0 amide bonds. The number of carbonyl (C=O) groups excluding carboxylic acids is 1. The second kappa shape index (κ2) is 4.49. The number of fused-ring (bicyclic) bond motifs is 1. The fourth-order valence-corrected chi connectivity index (χ4v) is 2.09. The van der Waals surface area contributed by atoms with Gasteiger partial charge in [-0.25, -0.2) is 14.3 Å². The summed E-state index contributed by atoms with van der Waals surface area (Å²) in [5, 5.41) is 0. The van der Waals surface area contributed by atoms with E-state index < -0.39 is 0 Å². The first-order valence-electron chi connectivity index (χ1n) is 5.73. The van der Waals surface area contributed by atoms with Gasteiger partial charge >= 0.3 is 5.69 Å². The van der Waals surface area contributed by atoms with Gasteiger partial charge < -0.3 is 4.79 Å². The van der Waals surface area contributed by atoms with Gasteiger partial charge in [0.1, 0.15) is 6.29 Å². The van der Waals surface area contributed by atoms with E-state index in [0.29, 0.717) is 23.1 Å². The number of hydrogen-bond donors (Lipinski definition) is 0. The Morgan fingerprint density at radius 2 is 1.95 bits per heavy atom. The quantitative estimate of drug-likeness (QED) is 0.648. The summed E-state index contributed by atoms with van der Waals surface area (Å²) < 4.78 is 2.86. The molecule has 2 heterocycles. The van der Waals surface area contributed by atoms with Crippen LogP contribution in [0.15, 0.2) is 47.7 Å². The summed E-state index contributed by atoms with van der Waals surface area (Å²) in [6.07, 6.45) is 5.28. The van der Waals surface area contributed by atoms with E-state index in [9.17, 15) is 9.59 Å². The van der Waals surface area contributed by atoms with Crippen LogP contribution < -0.4 is 5.69 Å². The van der Waals surface area contributed by atoms with Crippen LogP contribution >= 0.6 is 0 Å². The predicted molar refractivity (Wildman–Crippen MR) is 69.2 cm³/mol. The number of benzene rings is 1. The first-order valence-corrected chi connectivity index (χ1v) is 5.73. The average molecular weight is 254 g/mol. The first kappa shape index (κ1) is 11.3. The first-order chi connectivity index (χ1) is 9.33. The summed E-state index contributed by atoms with van der Waals surface area (Å²) in [6, 6.07) is 7.27. The van der Waals surface area contributed by atoms with Crippen LogP contribution in [-0.4, -0.2) is 25.4 Å². The van der Waals surface area contributed by atoms with Crippen LogP contribution in [0, 0.1) is 0 Å². The number of rotatable bonds is 3. The van der Waals surface area contributed by atoms with Crippen molar-refractivity contribution >= 4 is 17.3 Å². The highest BCUT2D eigenvalue weighted by Gasteiger charge is 2.14. The average Bonchev–Trinajstić information content (AvgIpc) is 2.73. The van der Waals surface area contributed by atoms with Crippen LogP contribution in [0.3, 0.4) is 0 Å². The lowest BCUT2D eigenvalue weighted by molar-refractivity contribution is -0.108. The summed E-state index contributed by atoms with van der Waals surface area (Å²) in [5.74, 6) is 0.438. The summed E-state index contributed by atoms with van der Waals surface area (Å²) in [5.41, 5.74) is 1.11. The maximum atomic E-state index is 12.4. The summed E-state index contributed by atoms with van der Waals surface area (Å²) in [7, 11) is 0. The van der Waals surface area contributed by atoms with Crippen LogP contribution in [0.25, 0.3) is 16.9 Å². The normalized spacial score (nSPS) is 10.7. The lowest BCUT2D eigenvalue weighted by Crippen LogP contribution is -2.24. The standard InChI is InChI=1S/C13H10N4O2/c18-8-7-16-10-3-1-2-4-11(10)17(13(16)19)12-9-14-5-6-15-12/h1-6,8-9H,7H2. The van der Waals surface area contributed by atoms with Crippen LogP contribution in [0.5, 0.6) is 0 Å². The molecule has 0 aliphatic heterocycles. The molecule has 0 aliphatic rings. The van der Waals surface area contributed by atoms with Crippen LogP contribution in [0.1, 0.15) is 0 Å². The third kappa shape index (κ3) is 1.74. The highest BCUT2D eigenvalue weighted by molar-refractivity contribution is 5.78. The van der Waals surface area contributed by atoms with Crippen molar-refractivity contribution in [2.24, 2.45) is 0 Å². The minimum atomic E-state index is -0.297. The van der Waals surface area contributed by atoms with E-state index in [1.807, 2.05) is 18.2 Å². The molecule has 0 unspecified atom stereocenters. The summed E-state index contributed by atoms with van der Waals surface area (Å²) >= 11 is 0. The van der Waals surface area contributed by atoms with Gasteiger partial charge in [0.15, 0.2) is 5.82 Å². The molecular formula is C13H10N4O2. The van der Waals surface area contributed by atoms with E-state index in [0.717, 1.165) is 0 Å². The molecule has 0 radical (unpaired) electrons. The van der Waals surface area contributed by atoms with Crippen molar-refractivity contribution in [2.45, 2.75) is 6.54 Å². The molecule has 0 spiro atoms. The molecule has 0 bridgehead atoms. The van der Waals surface area contributed by atoms with Crippen molar-refractivity contribution in [1.29, 1.82) is 0 Å². The smallest absolute Gasteiger partial charge is 0.301 e. The molecule has 94 valence electrons. The van der Waals surface area contributed by atoms with E-state index in [1.54, 1.807) is 12.3 Å². The van der Waals surface area contributed by atoms with Gasteiger partial charge in [0.05, 0.1) is 23.8 Å². The third-order valence-electron chi connectivity index (χ3n) is 2.87. The molecule has 0 fully saturated rings. The second-order valence-electron chi connectivity index (χ2n) is 3.95. The number of nitrogens with zero attached hydrogens (tertiary/aromatic N) is 4. The second-order valence-corrected chi connectivity index (χ2v) is 3.95. The maximum Gasteiger partial charge on any atom is 0.335 e. The van der Waals surface area contributed by atoms with Gasteiger partial charge in [0, 0.05) is 12.4 Å². The molecule has 6 heteroatoms. The van der Waals surface area contributed by atoms with E-state index in [2.05, 4.69) is 9.97 Å². The van der Waals surface area contributed by atoms with Crippen molar-refractivity contribution in [3.05, 3.63) is 53.3 Å². The summed E-state index contributed by atoms with van der Waals surface area (Å²) in [4.78, 5) is 31.2. The highest BCUT2D eigenvalue weighted by atomic mass is 16.2. The Hall–Kier alpha value is -2.76.